The second kappa shape index (κ2) is 6.93. The molecule has 1 aliphatic heterocycles. The first-order valence-electron chi connectivity index (χ1n) is 8.37. The maximum Gasteiger partial charge on any atom is -0.00462 e. The minimum absolute atomic E-state index is 0.910. The molecule has 1 unspecified atom stereocenters. The van der Waals surface area contributed by atoms with E-state index in [0.29, 0.717) is 0 Å². The van der Waals surface area contributed by atoms with Gasteiger partial charge in [0.1, 0.15) is 0 Å². The maximum absolute atomic E-state index is 3.49. The van der Waals surface area contributed by atoms with Crippen molar-refractivity contribution in [1.82, 2.24) is 5.32 Å². The average Bonchev–Trinajstić information content (AvgIpc) is 2.40. The number of hydrogen-bond acceptors (Lipinski definition) is 1. The molecule has 1 heterocycles. The van der Waals surface area contributed by atoms with Gasteiger partial charge in [-0.05, 0) is 74.8 Å². The van der Waals surface area contributed by atoms with Gasteiger partial charge in [-0.15, -0.1) is 0 Å². The minimum atomic E-state index is 0.910. The number of nitrogens with one attached hydrogen (secondary N) is 1. The van der Waals surface area contributed by atoms with E-state index in [1.165, 1.54) is 58.0 Å². The molecule has 2 aliphatic rings. The van der Waals surface area contributed by atoms with Crippen LogP contribution >= 0.6 is 0 Å². The van der Waals surface area contributed by atoms with E-state index in [1.54, 1.807) is 0 Å². The van der Waals surface area contributed by atoms with Crippen molar-refractivity contribution in [2.45, 2.75) is 65.7 Å². The standard InChI is InChI=1S/C17H33N/c1-13(2)16-6-4-15(5-7-16)12-14(3)17-8-10-18-11-9-17/h13-18H,4-12H2,1-3H3. The van der Waals surface area contributed by atoms with Crippen LogP contribution in [0.3, 0.4) is 0 Å². The van der Waals surface area contributed by atoms with Crippen LogP contribution in [-0.4, -0.2) is 13.1 Å². The Morgan fingerprint density at radius 3 is 2.00 bits per heavy atom. The van der Waals surface area contributed by atoms with E-state index in [4.69, 9.17) is 0 Å². The third-order valence-corrected chi connectivity index (χ3v) is 5.73. The topological polar surface area (TPSA) is 12.0 Å². The summed E-state index contributed by atoms with van der Waals surface area (Å²) in [7, 11) is 0. The number of rotatable bonds is 4. The van der Waals surface area contributed by atoms with E-state index in [0.717, 1.165) is 29.6 Å². The third kappa shape index (κ3) is 3.98. The SMILES string of the molecule is CC(C)C1CCC(CC(C)C2CCNCC2)CC1. The molecule has 1 N–H and O–H groups in total. The lowest BCUT2D eigenvalue weighted by atomic mass is 9.72. The first kappa shape index (κ1) is 14.4. The highest BCUT2D eigenvalue weighted by atomic mass is 14.9. The molecule has 1 nitrogen and oxygen atoms in total. The molecule has 0 aromatic heterocycles. The van der Waals surface area contributed by atoms with Crippen LogP contribution in [0.5, 0.6) is 0 Å². The second-order valence-corrected chi connectivity index (χ2v) is 7.33. The van der Waals surface area contributed by atoms with E-state index in [-0.39, 0.29) is 0 Å². The van der Waals surface area contributed by atoms with E-state index >= 15 is 0 Å². The van der Waals surface area contributed by atoms with E-state index < -0.39 is 0 Å². The van der Waals surface area contributed by atoms with Crippen LogP contribution in [0.1, 0.15) is 65.7 Å². The van der Waals surface area contributed by atoms with Crippen molar-refractivity contribution >= 4 is 0 Å². The molecule has 0 aromatic carbocycles. The molecule has 1 saturated heterocycles. The fraction of sp³-hybridized carbons (Fsp3) is 1.00. The van der Waals surface area contributed by atoms with Crippen LogP contribution in [-0.2, 0) is 0 Å². The van der Waals surface area contributed by atoms with E-state index in [9.17, 15) is 0 Å². The number of piperidine rings is 1. The normalized spacial score (nSPS) is 32.7. The Morgan fingerprint density at radius 2 is 1.44 bits per heavy atom. The summed E-state index contributed by atoms with van der Waals surface area (Å²) in [6.45, 7) is 9.85. The van der Waals surface area contributed by atoms with E-state index in [1.807, 2.05) is 0 Å². The molecule has 1 saturated carbocycles. The maximum atomic E-state index is 3.49. The van der Waals surface area contributed by atoms with Crippen molar-refractivity contribution in [1.29, 1.82) is 0 Å². The van der Waals surface area contributed by atoms with Gasteiger partial charge in [-0.3, -0.25) is 0 Å². The first-order valence-corrected chi connectivity index (χ1v) is 8.37. The minimum Gasteiger partial charge on any atom is -0.317 e. The van der Waals surface area contributed by atoms with Crippen molar-refractivity contribution in [2.75, 3.05) is 13.1 Å². The van der Waals surface area contributed by atoms with Crippen LogP contribution in [0.25, 0.3) is 0 Å². The number of hydrogen-bond donors (Lipinski definition) is 1. The Balaban J connectivity index is 1.70. The van der Waals surface area contributed by atoms with Crippen molar-refractivity contribution in [3.63, 3.8) is 0 Å². The summed E-state index contributed by atoms with van der Waals surface area (Å²) in [6.07, 6.45) is 10.4. The third-order valence-electron chi connectivity index (χ3n) is 5.73. The smallest absolute Gasteiger partial charge is 0.00462 e. The molecule has 2 rings (SSSR count). The predicted molar refractivity (Wildman–Crippen MR) is 79.7 cm³/mol. The summed E-state index contributed by atoms with van der Waals surface area (Å²) in [5, 5.41) is 3.49. The van der Waals surface area contributed by atoms with Crippen LogP contribution in [0.4, 0.5) is 0 Å². The Bertz CT molecular complexity index is 222. The molecule has 0 amide bonds. The monoisotopic (exact) mass is 251 g/mol. The van der Waals surface area contributed by atoms with Gasteiger partial charge in [0.15, 0.2) is 0 Å². The highest BCUT2D eigenvalue weighted by Crippen LogP contribution is 2.38. The zero-order valence-electron chi connectivity index (χ0n) is 12.8. The van der Waals surface area contributed by atoms with E-state index in [2.05, 4.69) is 26.1 Å². The summed E-state index contributed by atoms with van der Waals surface area (Å²) in [5.74, 6) is 4.95. The van der Waals surface area contributed by atoms with Gasteiger partial charge in [-0.1, -0.05) is 33.6 Å². The largest absolute Gasteiger partial charge is 0.317 e. The van der Waals surface area contributed by atoms with Crippen LogP contribution in [0.2, 0.25) is 0 Å². The Labute approximate surface area is 114 Å². The molecular weight excluding hydrogens is 218 g/mol. The van der Waals surface area contributed by atoms with Crippen molar-refractivity contribution in [3.05, 3.63) is 0 Å². The molecule has 0 bridgehead atoms. The van der Waals surface area contributed by atoms with Gasteiger partial charge in [-0.2, -0.15) is 0 Å². The van der Waals surface area contributed by atoms with Gasteiger partial charge in [0.05, 0.1) is 0 Å². The quantitative estimate of drug-likeness (QED) is 0.777. The molecular formula is C17H33N. The summed E-state index contributed by atoms with van der Waals surface area (Å²) < 4.78 is 0. The zero-order valence-corrected chi connectivity index (χ0v) is 12.8. The summed E-state index contributed by atoms with van der Waals surface area (Å²) in [4.78, 5) is 0. The van der Waals surface area contributed by atoms with Gasteiger partial charge < -0.3 is 5.32 Å². The first-order chi connectivity index (χ1) is 8.66. The molecule has 0 spiro atoms. The van der Waals surface area contributed by atoms with Gasteiger partial charge in [-0.25, -0.2) is 0 Å². The van der Waals surface area contributed by atoms with Crippen molar-refractivity contribution in [2.24, 2.45) is 29.6 Å². The Hall–Kier alpha value is -0.0400. The second-order valence-electron chi connectivity index (χ2n) is 7.33. The highest BCUT2D eigenvalue weighted by Gasteiger charge is 2.27. The van der Waals surface area contributed by atoms with Crippen molar-refractivity contribution in [3.8, 4) is 0 Å². The summed E-state index contributed by atoms with van der Waals surface area (Å²) in [5.41, 5.74) is 0. The summed E-state index contributed by atoms with van der Waals surface area (Å²) in [6, 6.07) is 0. The van der Waals surface area contributed by atoms with Gasteiger partial charge in [0, 0.05) is 0 Å². The highest BCUT2D eigenvalue weighted by molar-refractivity contribution is 4.79. The molecule has 18 heavy (non-hydrogen) atoms. The molecule has 1 heteroatoms. The molecule has 1 atom stereocenters. The zero-order chi connectivity index (χ0) is 13.0. The molecule has 0 aromatic rings. The predicted octanol–water partition coefficient (Wildman–Crippen LogP) is 4.47. The van der Waals surface area contributed by atoms with Gasteiger partial charge in [0.2, 0.25) is 0 Å². The van der Waals surface area contributed by atoms with Crippen molar-refractivity contribution < 1.29 is 0 Å². The Morgan fingerprint density at radius 1 is 0.833 bits per heavy atom. The molecule has 0 radical (unpaired) electrons. The lowest BCUT2D eigenvalue weighted by Gasteiger charge is -2.35. The van der Waals surface area contributed by atoms with Crippen LogP contribution in [0.15, 0.2) is 0 Å². The van der Waals surface area contributed by atoms with Crippen LogP contribution in [0, 0.1) is 29.6 Å². The Kier molecular flexibility index (Phi) is 5.54. The van der Waals surface area contributed by atoms with Gasteiger partial charge >= 0.3 is 0 Å². The summed E-state index contributed by atoms with van der Waals surface area (Å²) >= 11 is 0. The molecule has 2 fully saturated rings. The lowest BCUT2D eigenvalue weighted by Crippen LogP contribution is -2.32. The van der Waals surface area contributed by atoms with Gasteiger partial charge in [0.25, 0.3) is 0 Å². The fourth-order valence-corrected chi connectivity index (χ4v) is 4.22. The van der Waals surface area contributed by atoms with Crippen LogP contribution < -0.4 is 5.32 Å². The molecule has 1 aliphatic carbocycles. The average molecular weight is 251 g/mol. The fourth-order valence-electron chi connectivity index (χ4n) is 4.22. The lowest BCUT2D eigenvalue weighted by molar-refractivity contribution is 0.172. The molecule has 106 valence electrons.